The largest absolute Gasteiger partial charge is 0.508 e. The first kappa shape index (κ1) is 22.8. The molecule has 8 heteroatoms. The molecule has 5 aromatic rings. The van der Waals surface area contributed by atoms with E-state index in [0.29, 0.717) is 34.7 Å². The lowest BCUT2D eigenvalue weighted by molar-refractivity contribution is 0.0696. The van der Waals surface area contributed by atoms with Gasteiger partial charge in [0.2, 0.25) is 0 Å². The predicted octanol–water partition coefficient (Wildman–Crippen LogP) is 5.29. The van der Waals surface area contributed by atoms with Crippen molar-refractivity contribution in [1.29, 1.82) is 0 Å². The maximum Gasteiger partial charge on any atom is 0.335 e. The van der Waals surface area contributed by atoms with Gasteiger partial charge in [-0.25, -0.2) is 9.48 Å². The summed E-state index contributed by atoms with van der Waals surface area (Å²) in [6.07, 6.45) is 3.45. The highest BCUT2D eigenvalue weighted by molar-refractivity contribution is 5.94. The van der Waals surface area contributed by atoms with Gasteiger partial charge in [-0.2, -0.15) is 5.10 Å². The second-order valence-electron chi connectivity index (χ2n) is 8.25. The fraction of sp³-hybridized carbons (Fsp3) is 0.0714. The van der Waals surface area contributed by atoms with E-state index < -0.39 is 5.97 Å². The lowest BCUT2D eigenvalue weighted by Crippen LogP contribution is -2.24. The lowest BCUT2D eigenvalue weighted by atomic mass is 9.99. The summed E-state index contributed by atoms with van der Waals surface area (Å²) in [4.78, 5) is 28.8. The molecule has 3 N–H and O–H groups in total. The molecule has 2 aromatic heterocycles. The van der Waals surface area contributed by atoms with Crippen molar-refractivity contribution >= 4 is 28.1 Å². The summed E-state index contributed by atoms with van der Waals surface area (Å²) < 4.78 is 1.39. The van der Waals surface area contributed by atoms with Crippen LogP contribution in [-0.2, 0) is 6.54 Å². The topological polar surface area (TPSA) is 117 Å². The first-order valence-corrected chi connectivity index (χ1v) is 11.3. The standard InChI is InChI=1S/C28H22N4O4/c1-2-32-27(34)25(30-26-16-29-15-19-6-3-4-9-23(19)26)14-24(31-32)18-8-5-7-17(10-18)20-11-21(28(35)36)13-22(33)12-20/h3-16,30,33H,2H2,1H3,(H,35,36). The first-order chi connectivity index (χ1) is 17.4. The van der Waals surface area contributed by atoms with Crippen LogP contribution in [-0.4, -0.2) is 30.9 Å². The van der Waals surface area contributed by atoms with Crippen LogP contribution in [0.5, 0.6) is 5.75 Å². The average Bonchev–Trinajstić information content (AvgIpc) is 2.89. The first-order valence-electron chi connectivity index (χ1n) is 11.3. The maximum atomic E-state index is 13.1. The molecule has 36 heavy (non-hydrogen) atoms. The Hall–Kier alpha value is -4.98. The molecular formula is C28H22N4O4. The van der Waals surface area contributed by atoms with Crippen LogP contribution < -0.4 is 10.9 Å². The van der Waals surface area contributed by atoms with Crippen molar-refractivity contribution in [2.75, 3.05) is 5.32 Å². The maximum absolute atomic E-state index is 13.1. The number of aromatic hydroxyl groups is 1. The number of hydrogen-bond acceptors (Lipinski definition) is 6. The number of aryl methyl sites for hydroxylation is 1. The van der Waals surface area contributed by atoms with Crippen LogP contribution in [0.4, 0.5) is 11.4 Å². The molecule has 8 nitrogen and oxygen atoms in total. The Morgan fingerprint density at radius 3 is 2.53 bits per heavy atom. The normalized spacial score (nSPS) is 10.9. The second kappa shape index (κ2) is 9.34. The minimum atomic E-state index is -1.13. The summed E-state index contributed by atoms with van der Waals surface area (Å²) in [5, 5.41) is 29.0. The van der Waals surface area contributed by atoms with E-state index in [1.54, 1.807) is 18.5 Å². The van der Waals surface area contributed by atoms with E-state index in [9.17, 15) is 19.8 Å². The van der Waals surface area contributed by atoms with Gasteiger partial charge in [-0.3, -0.25) is 9.78 Å². The number of phenolic OH excluding ortho intramolecular Hbond substituents is 1. The van der Waals surface area contributed by atoms with Crippen LogP contribution in [0, 0.1) is 0 Å². The predicted molar refractivity (Wildman–Crippen MR) is 139 cm³/mol. The summed E-state index contributed by atoms with van der Waals surface area (Å²) in [6, 6.07) is 21.0. The zero-order valence-electron chi connectivity index (χ0n) is 19.3. The molecule has 0 saturated carbocycles. The van der Waals surface area contributed by atoms with Gasteiger partial charge in [-0.05, 0) is 48.4 Å². The Labute approximate surface area is 206 Å². The van der Waals surface area contributed by atoms with Crippen molar-refractivity contribution < 1.29 is 15.0 Å². The van der Waals surface area contributed by atoms with Gasteiger partial charge in [0.05, 0.1) is 23.1 Å². The Balaban J connectivity index is 1.59. The molecule has 0 amide bonds. The third-order valence-corrected chi connectivity index (χ3v) is 5.87. The number of nitrogens with one attached hydrogen (secondary N) is 1. The number of rotatable bonds is 6. The zero-order valence-corrected chi connectivity index (χ0v) is 19.3. The van der Waals surface area contributed by atoms with Crippen molar-refractivity contribution in [3.8, 4) is 28.1 Å². The third kappa shape index (κ3) is 4.39. The number of phenols is 1. The quantitative estimate of drug-likeness (QED) is 0.303. The Morgan fingerprint density at radius 2 is 1.72 bits per heavy atom. The van der Waals surface area contributed by atoms with E-state index in [4.69, 9.17) is 0 Å². The highest BCUT2D eigenvalue weighted by atomic mass is 16.4. The molecule has 3 aromatic carbocycles. The molecule has 0 spiro atoms. The van der Waals surface area contributed by atoms with Gasteiger partial charge in [0.15, 0.2) is 0 Å². The third-order valence-electron chi connectivity index (χ3n) is 5.87. The molecule has 178 valence electrons. The van der Waals surface area contributed by atoms with E-state index in [2.05, 4.69) is 15.4 Å². The number of carbonyl (C=O) groups is 1. The number of pyridine rings is 1. The number of benzene rings is 3. The minimum Gasteiger partial charge on any atom is -0.508 e. The number of carboxylic acid groups (broad SMARTS) is 1. The molecule has 0 fully saturated rings. The van der Waals surface area contributed by atoms with E-state index >= 15 is 0 Å². The fourth-order valence-corrected chi connectivity index (χ4v) is 4.11. The SMILES string of the molecule is CCn1nc(-c2cccc(-c3cc(O)cc(C(=O)O)c3)c2)cc(Nc2cncc3ccccc23)c1=O. The second-order valence-corrected chi connectivity index (χ2v) is 8.25. The number of fused-ring (bicyclic) bond motifs is 1. The van der Waals surface area contributed by atoms with Crippen LogP contribution in [0.1, 0.15) is 17.3 Å². The number of hydrogen-bond donors (Lipinski definition) is 3. The zero-order chi connectivity index (χ0) is 25.2. The van der Waals surface area contributed by atoms with Crippen molar-refractivity contribution in [2.24, 2.45) is 0 Å². The molecule has 0 aliphatic rings. The van der Waals surface area contributed by atoms with Crippen LogP contribution in [0.3, 0.4) is 0 Å². The van der Waals surface area contributed by atoms with Crippen LogP contribution >= 0.6 is 0 Å². The van der Waals surface area contributed by atoms with Gasteiger partial charge in [-0.15, -0.1) is 0 Å². The average molecular weight is 479 g/mol. The summed E-state index contributed by atoms with van der Waals surface area (Å²) >= 11 is 0. The van der Waals surface area contributed by atoms with Gasteiger partial charge in [0.25, 0.3) is 5.56 Å². The highest BCUT2D eigenvalue weighted by Crippen LogP contribution is 2.30. The molecule has 0 radical (unpaired) electrons. The van der Waals surface area contributed by atoms with Gasteiger partial charge < -0.3 is 15.5 Å². The van der Waals surface area contributed by atoms with E-state index in [0.717, 1.165) is 16.3 Å². The van der Waals surface area contributed by atoms with E-state index in [1.165, 1.54) is 22.9 Å². The van der Waals surface area contributed by atoms with Crippen LogP contribution in [0.15, 0.2) is 90.0 Å². The number of aromatic carboxylic acids is 1. The lowest BCUT2D eigenvalue weighted by Gasteiger charge is -2.13. The highest BCUT2D eigenvalue weighted by Gasteiger charge is 2.13. The van der Waals surface area contributed by atoms with Crippen molar-refractivity contribution in [2.45, 2.75) is 13.5 Å². The van der Waals surface area contributed by atoms with Gasteiger partial charge in [0, 0.05) is 29.1 Å². The molecular weight excluding hydrogens is 456 g/mol. The smallest absolute Gasteiger partial charge is 0.335 e. The van der Waals surface area contributed by atoms with Crippen molar-refractivity contribution in [1.82, 2.24) is 14.8 Å². The minimum absolute atomic E-state index is 0.0109. The fourth-order valence-electron chi connectivity index (χ4n) is 4.11. The Morgan fingerprint density at radius 1 is 0.917 bits per heavy atom. The van der Waals surface area contributed by atoms with E-state index in [-0.39, 0.29) is 16.9 Å². The van der Waals surface area contributed by atoms with E-state index in [1.807, 2.05) is 55.5 Å². The van der Waals surface area contributed by atoms with Crippen LogP contribution in [0.2, 0.25) is 0 Å². The van der Waals surface area contributed by atoms with Crippen molar-refractivity contribution in [3.05, 3.63) is 101 Å². The van der Waals surface area contributed by atoms with Crippen molar-refractivity contribution in [3.63, 3.8) is 0 Å². The Kier molecular flexibility index (Phi) is 5.92. The molecule has 0 aliphatic carbocycles. The molecule has 0 aliphatic heterocycles. The molecule has 0 bridgehead atoms. The summed E-state index contributed by atoms with van der Waals surface area (Å²) in [5.41, 5.74) is 3.35. The Bertz CT molecular complexity index is 1670. The number of aromatic nitrogens is 3. The summed E-state index contributed by atoms with van der Waals surface area (Å²) in [7, 11) is 0. The van der Waals surface area contributed by atoms with Gasteiger partial charge in [0.1, 0.15) is 11.4 Å². The molecule has 0 saturated heterocycles. The number of nitrogens with zero attached hydrogens (tertiary/aromatic N) is 3. The van der Waals surface area contributed by atoms with Crippen LogP contribution in [0.25, 0.3) is 33.2 Å². The summed E-state index contributed by atoms with van der Waals surface area (Å²) in [6.45, 7) is 2.22. The van der Waals surface area contributed by atoms with Gasteiger partial charge >= 0.3 is 5.97 Å². The molecule has 0 unspecified atom stereocenters. The molecule has 0 atom stereocenters. The summed E-state index contributed by atoms with van der Waals surface area (Å²) in [5.74, 6) is -1.26. The monoisotopic (exact) mass is 478 g/mol. The molecule has 2 heterocycles. The molecule has 5 rings (SSSR count). The number of carboxylic acids is 1. The number of anilines is 2. The van der Waals surface area contributed by atoms with Gasteiger partial charge in [-0.1, -0.05) is 42.5 Å².